The molecular weight excluding hydrogens is 290 g/mol. The number of hydrogen-bond acceptors (Lipinski definition) is 3. The Morgan fingerprint density at radius 3 is 2.52 bits per heavy atom. The van der Waals surface area contributed by atoms with E-state index >= 15 is 0 Å². The average molecular weight is 313 g/mol. The van der Waals surface area contributed by atoms with E-state index in [4.69, 9.17) is 5.11 Å². The van der Waals surface area contributed by atoms with Crippen molar-refractivity contribution in [1.29, 1.82) is 0 Å². The quantitative estimate of drug-likeness (QED) is 0.786. The highest BCUT2D eigenvalue weighted by Gasteiger charge is 2.15. The van der Waals surface area contributed by atoms with Crippen molar-refractivity contribution in [3.8, 4) is 0 Å². The van der Waals surface area contributed by atoms with Gasteiger partial charge >= 0.3 is 5.97 Å². The van der Waals surface area contributed by atoms with Crippen LogP contribution in [-0.2, 0) is 11.3 Å². The Labute approximate surface area is 137 Å². The first-order valence-electron chi connectivity index (χ1n) is 7.77. The first-order valence-corrected chi connectivity index (χ1v) is 7.77. The maximum absolute atomic E-state index is 10.9. The molecule has 0 aliphatic carbocycles. The smallest absolute Gasteiger partial charge is 0.304 e. The molecule has 0 heterocycles. The van der Waals surface area contributed by atoms with Crippen molar-refractivity contribution in [3.05, 3.63) is 71.3 Å². The molecule has 0 saturated carbocycles. The normalized spacial score (nSPS) is 12.3. The number of carboxylic acid groups (broad SMARTS) is 1. The van der Waals surface area contributed by atoms with Gasteiger partial charge in [0.05, 0.1) is 12.5 Å². The molecule has 2 aromatic carbocycles. The van der Waals surface area contributed by atoms with Crippen LogP contribution in [0.4, 0.5) is 0 Å². The number of benzene rings is 2. The summed E-state index contributed by atoms with van der Waals surface area (Å²) in [6.45, 7) is 3.43. The molecule has 0 bridgehead atoms. The summed E-state index contributed by atoms with van der Waals surface area (Å²) in [5, 5.41) is 19.4. The maximum atomic E-state index is 10.9. The van der Waals surface area contributed by atoms with E-state index in [1.54, 1.807) is 0 Å². The second-order valence-electron chi connectivity index (χ2n) is 5.79. The zero-order valence-electron chi connectivity index (χ0n) is 13.4. The molecule has 23 heavy (non-hydrogen) atoms. The van der Waals surface area contributed by atoms with E-state index in [0.717, 1.165) is 16.7 Å². The Balaban J connectivity index is 2.05. The Hall–Kier alpha value is -2.17. The van der Waals surface area contributed by atoms with Crippen molar-refractivity contribution < 1.29 is 15.0 Å². The summed E-state index contributed by atoms with van der Waals surface area (Å²) >= 11 is 0. The highest BCUT2D eigenvalue weighted by Crippen LogP contribution is 2.17. The lowest BCUT2D eigenvalue weighted by atomic mass is 10.1. The van der Waals surface area contributed by atoms with Crippen molar-refractivity contribution in [1.82, 2.24) is 4.90 Å². The lowest BCUT2D eigenvalue weighted by Crippen LogP contribution is -2.30. The summed E-state index contributed by atoms with van der Waals surface area (Å²) in [6, 6.07) is 17.7. The molecule has 0 aromatic heterocycles. The van der Waals surface area contributed by atoms with Gasteiger partial charge in [-0.2, -0.15) is 0 Å². The number of aliphatic hydroxyl groups excluding tert-OH is 1. The van der Waals surface area contributed by atoms with Gasteiger partial charge in [-0.3, -0.25) is 9.69 Å². The van der Waals surface area contributed by atoms with E-state index < -0.39 is 12.1 Å². The molecule has 4 heteroatoms. The standard InChI is InChI=1S/C19H23NO3/c1-15-6-5-9-17(12-15)18(21)14-20(11-10-19(22)23)13-16-7-3-2-4-8-16/h2-9,12,18,21H,10-11,13-14H2,1H3,(H,22,23). The highest BCUT2D eigenvalue weighted by atomic mass is 16.4. The molecule has 2 rings (SSSR count). The van der Waals surface area contributed by atoms with Crippen LogP contribution < -0.4 is 0 Å². The Bertz CT molecular complexity index is 628. The summed E-state index contributed by atoms with van der Waals surface area (Å²) < 4.78 is 0. The van der Waals surface area contributed by atoms with Crippen LogP contribution >= 0.6 is 0 Å². The van der Waals surface area contributed by atoms with Gasteiger partial charge in [-0.1, -0.05) is 60.2 Å². The lowest BCUT2D eigenvalue weighted by Gasteiger charge is -2.25. The highest BCUT2D eigenvalue weighted by molar-refractivity contribution is 5.66. The fourth-order valence-electron chi connectivity index (χ4n) is 2.56. The summed E-state index contributed by atoms with van der Waals surface area (Å²) in [5.41, 5.74) is 3.06. The largest absolute Gasteiger partial charge is 0.481 e. The summed E-state index contributed by atoms with van der Waals surface area (Å²) in [7, 11) is 0. The van der Waals surface area contributed by atoms with Crippen LogP contribution in [0.5, 0.6) is 0 Å². The van der Waals surface area contributed by atoms with Gasteiger partial charge in [-0.25, -0.2) is 0 Å². The number of carboxylic acids is 1. The number of rotatable bonds is 8. The lowest BCUT2D eigenvalue weighted by molar-refractivity contribution is -0.137. The van der Waals surface area contributed by atoms with Crippen LogP contribution in [-0.4, -0.2) is 34.2 Å². The van der Waals surface area contributed by atoms with Gasteiger partial charge in [-0.15, -0.1) is 0 Å². The minimum absolute atomic E-state index is 0.0629. The number of aliphatic carboxylic acids is 1. The van der Waals surface area contributed by atoms with E-state index in [9.17, 15) is 9.90 Å². The van der Waals surface area contributed by atoms with Crippen LogP contribution in [0.25, 0.3) is 0 Å². The Kier molecular flexibility index (Phi) is 6.32. The first-order chi connectivity index (χ1) is 11.0. The molecule has 4 nitrogen and oxygen atoms in total. The van der Waals surface area contributed by atoms with E-state index in [0.29, 0.717) is 19.6 Å². The molecule has 0 amide bonds. The number of aryl methyl sites for hydroxylation is 1. The molecule has 0 aliphatic heterocycles. The summed E-state index contributed by atoms with van der Waals surface area (Å²) in [5.74, 6) is -0.826. The molecule has 1 atom stereocenters. The Morgan fingerprint density at radius 2 is 1.87 bits per heavy atom. The van der Waals surface area contributed by atoms with Gasteiger partial charge in [0.15, 0.2) is 0 Å². The third kappa shape index (κ3) is 5.85. The summed E-state index contributed by atoms with van der Waals surface area (Å²) in [6.07, 6.45) is -0.569. The van der Waals surface area contributed by atoms with E-state index in [1.165, 1.54) is 0 Å². The molecule has 0 aliphatic rings. The minimum atomic E-state index is -0.826. The van der Waals surface area contributed by atoms with Crippen LogP contribution in [0.3, 0.4) is 0 Å². The number of hydrogen-bond donors (Lipinski definition) is 2. The number of nitrogens with zero attached hydrogens (tertiary/aromatic N) is 1. The van der Waals surface area contributed by atoms with Crippen LogP contribution in [0.2, 0.25) is 0 Å². The van der Waals surface area contributed by atoms with Gasteiger partial charge in [0, 0.05) is 19.6 Å². The van der Waals surface area contributed by atoms with Crippen LogP contribution in [0, 0.1) is 6.92 Å². The van der Waals surface area contributed by atoms with Gasteiger partial charge in [0.25, 0.3) is 0 Å². The maximum Gasteiger partial charge on any atom is 0.304 e. The minimum Gasteiger partial charge on any atom is -0.481 e. The predicted octanol–water partition coefficient (Wildman–Crippen LogP) is 3.01. The topological polar surface area (TPSA) is 60.8 Å². The van der Waals surface area contributed by atoms with E-state index in [2.05, 4.69) is 0 Å². The average Bonchev–Trinajstić information content (AvgIpc) is 2.53. The molecule has 0 spiro atoms. The van der Waals surface area contributed by atoms with Gasteiger partial charge in [0.1, 0.15) is 0 Å². The zero-order valence-corrected chi connectivity index (χ0v) is 13.4. The second kappa shape index (κ2) is 8.46. The van der Waals surface area contributed by atoms with Crippen molar-refractivity contribution in [2.45, 2.75) is 26.0 Å². The fraction of sp³-hybridized carbons (Fsp3) is 0.316. The zero-order chi connectivity index (χ0) is 16.7. The number of carbonyl (C=O) groups is 1. The van der Waals surface area contributed by atoms with Crippen LogP contribution in [0.15, 0.2) is 54.6 Å². The summed E-state index contributed by atoms with van der Waals surface area (Å²) in [4.78, 5) is 12.9. The molecular formula is C19H23NO3. The van der Waals surface area contributed by atoms with Crippen molar-refractivity contribution in [2.24, 2.45) is 0 Å². The van der Waals surface area contributed by atoms with E-state index in [1.807, 2.05) is 66.4 Å². The molecule has 0 radical (unpaired) electrons. The molecule has 2 N–H and O–H groups in total. The third-order valence-corrected chi connectivity index (χ3v) is 3.75. The first kappa shape index (κ1) is 17.2. The fourth-order valence-corrected chi connectivity index (χ4v) is 2.56. The molecule has 0 saturated heterocycles. The second-order valence-corrected chi connectivity index (χ2v) is 5.79. The van der Waals surface area contributed by atoms with E-state index in [-0.39, 0.29) is 6.42 Å². The SMILES string of the molecule is Cc1cccc(C(O)CN(CCC(=O)O)Cc2ccccc2)c1. The third-order valence-electron chi connectivity index (χ3n) is 3.75. The van der Waals surface area contributed by atoms with Crippen molar-refractivity contribution in [2.75, 3.05) is 13.1 Å². The predicted molar refractivity (Wildman–Crippen MR) is 90.1 cm³/mol. The Morgan fingerprint density at radius 1 is 1.13 bits per heavy atom. The monoisotopic (exact) mass is 313 g/mol. The van der Waals surface area contributed by atoms with Crippen LogP contribution in [0.1, 0.15) is 29.2 Å². The van der Waals surface area contributed by atoms with Crippen molar-refractivity contribution >= 4 is 5.97 Å². The van der Waals surface area contributed by atoms with Gasteiger partial charge < -0.3 is 10.2 Å². The molecule has 2 aromatic rings. The van der Waals surface area contributed by atoms with Crippen molar-refractivity contribution in [3.63, 3.8) is 0 Å². The van der Waals surface area contributed by atoms with Gasteiger partial charge in [0.2, 0.25) is 0 Å². The molecule has 0 fully saturated rings. The number of aliphatic hydroxyl groups is 1. The van der Waals surface area contributed by atoms with Gasteiger partial charge in [-0.05, 0) is 18.1 Å². The molecule has 1 unspecified atom stereocenters. The molecule has 122 valence electrons.